The van der Waals surface area contributed by atoms with Gasteiger partial charge in [-0.25, -0.2) is 5.43 Å². The molecule has 4 aromatic rings. The number of methoxy groups -OCH3 is 1. The van der Waals surface area contributed by atoms with Crippen molar-refractivity contribution in [1.82, 2.24) is 9.99 Å². The van der Waals surface area contributed by atoms with Gasteiger partial charge in [0, 0.05) is 17.1 Å². The fourth-order valence-corrected chi connectivity index (χ4v) is 5.42. The van der Waals surface area contributed by atoms with Gasteiger partial charge in [0.1, 0.15) is 4.90 Å². The second-order valence-corrected chi connectivity index (χ2v) is 10.4. The second-order valence-electron chi connectivity index (χ2n) is 8.87. The van der Waals surface area contributed by atoms with Gasteiger partial charge in [0.25, 0.3) is 5.91 Å². The van der Waals surface area contributed by atoms with Gasteiger partial charge in [-0.05, 0) is 86.8 Å². The highest BCUT2D eigenvalue weighted by molar-refractivity contribution is 7.87. The van der Waals surface area contributed by atoms with Gasteiger partial charge in [-0.3, -0.25) is 4.79 Å². The van der Waals surface area contributed by atoms with Crippen LogP contribution in [0.25, 0.3) is 5.69 Å². The van der Waals surface area contributed by atoms with Crippen molar-refractivity contribution in [3.05, 3.63) is 106 Å². The normalized spacial score (nSPS) is 11.5. The molecule has 0 unspecified atom stereocenters. The molecular weight excluding hydrogens is 502 g/mol. The highest BCUT2D eigenvalue weighted by Gasteiger charge is 2.22. The Balaban J connectivity index is 1.49. The molecule has 1 aromatic heterocycles. The predicted molar refractivity (Wildman–Crippen MR) is 147 cm³/mol. The van der Waals surface area contributed by atoms with Crippen LogP contribution in [-0.2, 0) is 10.1 Å². The number of para-hydroxylation sites is 1. The van der Waals surface area contributed by atoms with Crippen molar-refractivity contribution in [2.45, 2.75) is 32.6 Å². The standard InChI is InChI=1S/C29H29N3O5S/c1-19-11-12-20(2)28(15-19)38(34,35)37-26-14-13-23(17-27(26)36-5)18-30-31-29(33)25-16-21(3)32(22(25)4)24-9-7-6-8-10-24/h6-18H,1-5H3,(H,31,33). The molecule has 1 N–H and O–H groups in total. The van der Waals surface area contributed by atoms with E-state index < -0.39 is 10.1 Å². The first kappa shape index (κ1) is 26.7. The number of nitrogens with zero attached hydrogens (tertiary/aromatic N) is 2. The first-order valence-corrected chi connectivity index (χ1v) is 13.3. The summed E-state index contributed by atoms with van der Waals surface area (Å²) in [7, 11) is -2.65. The van der Waals surface area contributed by atoms with E-state index in [1.807, 2.05) is 67.8 Å². The number of rotatable bonds is 8. The Hall–Kier alpha value is -4.37. The molecule has 0 spiro atoms. The number of amides is 1. The van der Waals surface area contributed by atoms with Crippen LogP contribution in [0.3, 0.4) is 0 Å². The summed E-state index contributed by atoms with van der Waals surface area (Å²) in [5.74, 6) is -0.0911. The molecule has 1 heterocycles. The minimum Gasteiger partial charge on any atom is -0.493 e. The summed E-state index contributed by atoms with van der Waals surface area (Å²) in [5, 5.41) is 4.07. The van der Waals surface area contributed by atoms with Gasteiger partial charge in [0.15, 0.2) is 11.5 Å². The molecule has 4 rings (SSSR count). The topological polar surface area (TPSA) is 99.0 Å². The van der Waals surface area contributed by atoms with Gasteiger partial charge in [0.2, 0.25) is 0 Å². The Kier molecular flexibility index (Phi) is 7.68. The number of hydrazone groups is 1. The van der Waals surface area contributed by atoms with Crippen LogP contribution in [0.4, 0.5) is 0 Å². The lowest BCUT2D eigenvalue weighted by molar-refractivity contribution is 0.0954. The van der Waals surface area contributed by atoms with Crippen molar-refractivity contribution >= 4 is 22.2 Å². The fourth-order valence-electron chi connectivity index (χ4n) is 4.17. The van der Waals surface area contributed by atoms with Gasteiger partial charge < -0.3 is 13.5 Å². The van der Waals surface area contributed by atoms with E-state index in [0.29, 0.717) is 16.7 Å². The number of benzene rings is 3. The lowest BCUT2D eigenvalue weighted by Gasteiger charge is -2.13. The quantitative estimate of drug-likeness (QED) is 0.190. The molecule has 0 aliphatic rings. The fraction of sp³-hybridized carbons (Fsp3) is 0.172. The van der Waals surface area contributed by atoms with Crippen LogP contribution < -0.4 is 14.3 Å². The summed E-state index contributed by atoms with van der Waals surface area (Å²) < 4.78 is 38.6. The lowest BCUT2D eigenvalue weighted by Crippen LogP contribution is -2.18. The summed E-state index contributed by atoms with van der Waals surface area (Å²) in [6, 6.07) is 21.4. The smallest absolute Gasteiger partial charge is 0.339 e. The van der Waals surface area contributed by atoms with E-state index >= 15 is 0 Å². The third-order valence-corrected chi connectivity index (χ3v) is 7.45. The molecular formula is C29H29N3O5S. The van der Waals surface area contributed by atoms with Crippen LogP contribution in [0.2, 0.25) is 0 Å². The summed E-state index contributed by atoms with van der Waals surface area (Å²) in [6.45, 7) is 7.35. The van der Waals surface area contributed by atoms with Crippen molar-refractivity contribution in [1.29, 1.82) is 0 Å². The number of carbonyl (C=O) groups excluding carboxylic acids is 1. The zero-order valence-corrected chi connectivity index (χ0v) is 22.7. The summed E-state index contributed by atoms with van der Waals surface area (Å²) in [4.78, 5) is 12.9. The van der Waals surface area contributed by atoms with Crippen molar-refractivity contribution in [2.75, 3.05) is 7.11 Å². The monoisotopic (exact) mass is 531 g/mol. The SMILES string of the molecule is COc1cc(C=NNC(=O)c2cc(C)n(-c3ccccc3)c2C)ccc1OS(=O)(=O)c1cc(C)ccc1C. The molecule has 1 amide bonds. The molecule has 0 saturated carbocycles. The summed E-state index contributed by atoms with van der Waals surface area (Å²) >= 11 is 0. The minimum atomic E-state index is -4.07. The van der Waals surface area contributed by atoms with E-state index in [9.17, 15) is 13.2 Å². The lowest BCUT2D eigenvalue weighted by atomic mass is 10.2. The Morgan fingerprint density at radius 2 is 1.66 bits per heavy atom. The van der Waals surface area contributed by atoms with Gasteiger partial charge in [-0.2, -0.15) is 13.5 Å². The van der Waals surface area contributed by atoms with Gasteiger partial charge in [-0.15, -0.1) is 0 Å². The third kappa shape index (κ3) is 5.63. The second kappa shape index (κ2) is 10.9. The van der Waals surface area contributed by atoms with Gasteiger partial charge in [-0.1, -0.05) is 30.3 Å². The van der Waals surface area contributed by atoms with Crippen molar-refractivity contribution in [2.24, 2.45) is 5.10 Å². The van der Waals surface area contributed by atoms with E-state index in [-0.39, 0.29) is 22.3 Å². The van der Waals surface area contributed by atoms with Crippen LogP contribution in [0.15, 0.2) is 82.8 Å². The van der Waals surface area contributed by atoms with Crippen LogP contribution in [0, 0.1) is 27.7 Å². The van der Waals surface area contributed by atoms with E-state index in [0.717, 1.165) is 22.6 Å². The molecule has 0 fully saturated rings. The largest absolute Gasteiger partial charge is 0.493 e. The highest BCUT2D eigenvalue weighted by Crippen LogP contribution is 2.31. The zero-order chi connectivity index (χ0) is 27.4. The molecule has 0 aliphatic heterocycles. The minimum absolute atomic E-state index is 0.0444. The molecule has 0 bridgehead atoms. The molecule has 0 saturated heterocycles. The Morgan fingerprint density at radius 1 is 0.921 bits per heavy atom. The molecule has 3 aromatic carbocycles. The van der Waals surface area contributed by atoms with E-state index in [4.69, 9.17) is 8.92 Å². The van der Waals surface area contributed by atoms with Crippen molar-refractivity contribution in [3.63, 3.8) is 0 Å². The Morgan fingerprint density at radius 3 is 2.37 bits per heavy atom. The number of aryl methyl sites for hydroxylation is 3. The van der Waals surface area contributed by atoms with Crippen LogP contribution in [-0.4, -0.2) is 32.2 Å². The van der Waals surface area contributed by atoms with E-state index in [1.54, 1.807) is 31.2 Å². The molecule has 0 atom stereocenters. The predicted octanol–water partition coefficient (Wildman–Crippen LogP) is 5.25. The molecule has 0 aliphatic carbocycles. The van der Waals surface area contributed by atoms with Gasteiger partial charge in [0.05, 0.1) is 18.9 Å². The highest BCUT2D eigenvalue weighted by atomic mass is 32.2. The van der Waals surface area contributed by atoms with Gasteiger partial charge >= 0.3 is 10.1 Å². The van der Waals surface area contributed by atoms with Crippen molar-refractivity contribution < 1.29 is 22.1 Å². The number of aromatic nitrogens is 1. The maximum atomic E-state index is 12.9. The summed E-state index contributed by atoms with van der Waals surface area (Å²) in [6.07, 6.45) is 1.44. The molecule has 38 heavy (non-hydrogen) atoms. The number of hydrogen-bond acceptors (Lipinski definition) is 6. The van der Waals surface area contributed by atoms with Crippen LogP contribution in [0.5, 0.6) is 11.5 Å². The number of ether oxygens (including phenoxy) is 1. The first-order chi connectivity index (χ1) is 18.1. The zero-order valence-electron chi connectivity index (χ0n) is 21.8. The average Bonchev–Trinajstić information content (AvgIpc) is 3.20. The summed E-state index contributed by atoms with van der Waals surface area (Å²) in [5.41, 5.74) is 7.73. The van der Waals surface area contributed by atoms with Crippen molar-refractivity contribution in [3.8, 4) is 17.2 Å². The van der Waals surface area contributed by atoms with Crippen LogP contribution in [0.1, 0.15) is 38.4 Å². The first-order valence-electron chi connectivity index (χ1n) is 11.9. The van der Waals surface area contributed by atoms with Crippen LogP contribution >= 0.6 is 0 Å². The molecule has 9 heteroatoms. The number of nitrogens with one attached hydrogen (secondary N) is 1. The van der Waals surface area contributed by atoms with E-state index in [2.05, 4.69) is 10.5 Å². The number of carbonyl (C=O) groups is 1. The Labute approximate surface area is 222 Å². The molecule has 0 radical (unpaired) electrons. The molecule has 8 nitrogen and oxygen atoms in total. The maximum absolute atomic E-state index is 12.9. The number of hydrogen-bond donors (Lipinski definition) is 1. The van der Waals surface area contributed by atoms with E-state index in [1.165, 1.54) is 19.4 Å². The Bertz CT molecular complexity index is 1620. The molecule has 196 valence electrons. The third-order valence-electron chi connectivity index (χ3n) is 6.07. The average molecular weight is 532 g/mol. The maximum Gasteiger partial charge on any atom is 0.339 e.